The molecule has 1 atom stereocenters. The Kier molecular flexibility index (Phi) is 5.10. The van der Waals surface area contributed by atoms with Crippen molar-refractivity contribution < 1.29 is 23.9 Å². The minimum absolute atomic E-state index is 0.118. The van der Waals surface area contributed by atoms with Crippen molar-refractivity contribution in [1.82, 2.24) is 15.1 Å². The quantitative estimate of drug-likeness (QED) is 0.756. The van der Waals surface area contributed by atoms with E-state index in [4.69, 9.17) is 4.42 Å². The van der Waals surface area contributed by atoms with Crippen molar-refractivity contribution in [3.05, 3.63) is 46.5 Å². The summed E-state index contributed by atoms with van der Waals surface area (Å²) in [6.07, 6.45) is 2.84. The zero-order valence-electron chi connectivity index (χ0n) is 14.2. The number of hydrogen-bond acceptors (Lipinski definition) is 6. The van der Waals surface area contributed by atoms with Crippen molar-refractivity contribution in [3.8, 4) is 0 Å². The van der Waals surface area contributed by atoms with Gasteiger partial charge in [0.2, 0.25) is 0 Å². The number of nitrogens with zero attached hydrogens (tertiary/aromatic N) is 2. The lowest BCUT2D eigenvalue weighted by atomic mass is 9.94. The van der Waals surface area contributed by atoms with Gasteiger partial charge < -0.3 is 19.7 Å². The van der Waals surface area contributed by atoms with E-state index in [0.717, 1.165) is 4.90 Å². The van der Waals surface area contributed by atoms with E-state index in [1.807, 2.05) is 5.38 Å². The summed E-state index contributed by atoms with van der Waals surface area (Å²) in [5, 5.41) is 15.5. The van der Waals surface area contributed by atoms with Gasteiger partial charge in [0.25, 0.3) is 0 Å². The zero-order chi connectivity index (χ0) is 18.7. The Balaban J connectivity index is 1.73. The number of nitrogens with one attached hydrogen (secondary N) is 1. The van der Waals surface area contributed by atoms with Crippen molar-refractivity contribution in [1.29, 1.82) is 0 Å². The molecule has 1 fully saturated rings. The first-order valence-corrected chi connectivity index (χ1v) is 9.03. The molecule has 2 aromatic heterocycles. The van der Waals surface area contributed by atoms with Crippen LogP contribution in [0.1, 0.15) is 17.4 Å². The second-order valence-electron chi connectivity index (χ2n) is 5.85. The highest BCUT2D eigenvalue weighted by molar-refractivity contribution is 7.10. The third-order valence-electron chi connectivity index (χ3n) is 4.36. The molecule has 9 heteroatoms. The Morgan fingerprint density at radius 1 is 1.35 bits per heavy atom. The molecule has 0 spiro atoms. The summed E-state index contributed by atoms with van der Waals surface area (Å²) < 4.78 is 5.05. The molecule has 1 aliphatic heterocycles. The molecule has 0 saturated carbocycles. The molecule has 2 N–H and O–H groups in total. The van der Waals surface area contributed by atoms with Crippen LogP contribution >= 0.6 is 11.3 Å². The Morgan fingerprint density at radius 2 is 2.15 bits per heavy atom. The first kappa shape index (κ1) is 18.2. The van der Waals surface area contributed by atoms with Gasteiger partial charge in [-0.25, -0.2) is 4.79 Å². The lowest BCUT2D eigenvalue weighted by molar-refractivity contribution is -0.153. The van der Waals surface area contributed by atoms with E-state index in [9.17, 15) is 19.5 Å². The average molecular weight is 377 g/mol. The van der Waals surface area contributed by atoms with Crippen LogP contribution < -0.4 is 5.32 Å². The van der Waals surface area contributed by atoms with Gasteiger partial charge in [-0.1, -0.05) is 6.07 Å². The van der Waals surface area contributed by atoms with E-state index < -0.39 is 23.4 Å². The van der Waals surface area contributed by atoms with Crippen molar-refractivity contribution >= 4 is 29.2 Å². The topological polar surface area (TPSA) is 103 Å². The second-order valence-corrected chi connectivity index (χ2v) is 6.80. The zero-order valence-corrected chi connectivity index (χ0v) is 15.0. The number of carbonyl (C=O) groups excluding carboxylic acids is 3. The predicted octanol–water partition coefficient (Wildman–Crippen LogP) is 0.977. The molecule has 8 nitrogen and oxygen atoms in total. The molecular formula is C17H19N3O5S. The summed E-state index contributed by atoms with van der Waals surface area (Å²) in [6.45, 7) is 2.44. The Morgan fingerprint density at radius 3 is 2.77 bits per heavy atom. The summed E-state index contributed by atoms with van der Waals surface area (Å²) in [5.74, 6) is -1.56. The van der Waals surface area contributed by atoms with E-state index in [0.29, 0.717) is 23.5 Å². The van der Waals surface area contributed by atoms with Crippen LogP contribution in [-0.2, 0) is 15.2 Å². The average Bonchev–Trinajstić information content (AvgIpc) is 3.35. The van der Waals surface area contributed by atoms with Crippen LogP contribution in [0.3, 0.4) is 0 Å². The molecule has 1 saturated heterocycles. The van der Waals surface area contributed by atoms with E-state index in [2.05, 4.69) is 5.32 Å². The molecule has 0 aromatic carbocycles. The van der Waals surface area contributed by atoms with Gasteiger partial charge in [-0.05, 0) is 24.4 Å². The third kappa shape index (κ3) is 3.23. The minimum Gasteiger partial charge on any atom is -0.472 e. The van der Waals surface area contributed by atoms with Gasteiger partial charge in [0, 0.05) is 30.1 Å². The minimum atomic E-state index is -1.49. The number of rotatable bonds is 5. The van der Waals surface area contributed by atoms with E-state index in [1.54, 1.807) is 25.1 Å². The van der Waals surface area contributed by atoms with Crippen LogP contribution in [0.25, 0.3) is 0 Å². The van der Waals surface area contributed by atoms with Crippen LogP contribution in [0, 0.1) is 0 Å². The Labute approximate surface area is 154 Å². The fourth-order valence-electron chi connectivity index (χ4n) is 2.81. The monoisotopic (exact) mass is 377 g/mol. The number of imide groups is 1. The van der Waals surface area contributed by atoms with Gasteiger partial charge in [0.1, 0.15) is 5.60 Å². The van der Waals surface area contributed by atoms with Gasteiger partial charge >= 0.3 is 17.8 Å². The smallest absolute Gasteiger partial charge is 0.324 e. The highest BCUT2D eigenvalue weighted by Gasteiger charge is 2.38. The van der Waals surface area contributed by atoms with Gasteiger partial charge in [-0.2, -0.15) is 0 Å². The van der Waals surface area contributed by atoms with Crippen molar-refractivity contribution in [3.63, 3.8) is 0 Å². The van der Waals surface area contributed by atoms with E-state index in [1.165, 1.54) is 28.8 Å². The number of furan rings is 1. The molecule has 4 amide bonds. The van der Waals surface area contributed by atoms with Crippen LogP contribution in [0.2, 0.25) is 0 Å². The van der Waals surface area contributed by atoms with Gasteiger partial charge in [-0.3, -0.25) is 14.5 Å². The first-order valence-electron chi connectivity index (χ1n) is 8.15. The number of urea groups is 1. The predicted molar refractivity (Wildman–Crippen MR) is 93.4 cm³/mol. The SMILES string of the molecule is CCN1CCN(C(=O)NC[C@](O)(c2ccoc2)c2cccs2)C(=O)C1=O. The first-order chi connectivity index (χ1) is 12.5. The highest BCUT2D eigenvalue weighted by atomic mass is 32.1. The summed E-state index contributed by atoms with van der Waals surface area (Å²) >= 11 is 1.34. The number of piperazine rings is 1. The molecule has 3 heterocycles. The highest BCUT2D eigenvalue weighted by Crippen LogP contribution is 2.32. The van der Waals surface area contributed by atoms with Crippen molar-refractivity contribution in [2.45, 2.75) is 12.5 Å². The van der Waals surface area contributed by atoms with Crippen molar-refractivity contribution in [2.75, 3.05) is 26.2 Å². The fraction of sp³-hybridized carbons (Fsp3) is 0.353. The number of aliphatic hydroxyl groups is 1. The number of hydrogen-bond donors (Lipinski definition) is 2. The Bertz CT molecular complexity index is 753. The van der Waals surface area contributed by atoms with Gasteiger partial charge in [0.15, 0.2) is 0 Å². The summed E-state index contributed by atoms with van der Waals surface area (Å²) in [5.41, 5.74) is -1.01. The lowest BCUT2D eigenvalue weighted by Gasteiger charge is -2.33. The van der Waals surface area contributed by atoms with E-state index in [-0.39, 0.29) is 13.1 Å². The largest absolute Gasteiger partial charge is 0.472 e. The number of carbonyl (C=O) groups is 3. The van der Waals surface area contributed by atoms with Gasteiger partial charge in [-0.15, -0.1) is 11.3 Å². The maximum absolute atomic E-state index is 12.4. The molecule has 0 bridgehead atoms. The molecule has 0 unspecified atom stereocenters. The summed E-state index contributed by atoms with van der Waals surface area (Å²) in [6, 6.07) is 4.44. The lowest BCUT2D eigenvalue weighted by Crippen LogP contribution is -2.59. The third-order valence-corrected chi connectivity index (χ3v) is 5.38. The molecule has 0 radical (unpaired) electrons. The number of amides is 4. The molecule has 1 aliphatic rings. The molecule has 26 heavy (non-hydrogen) atoms. The maximum Gasteiger partial charge on any atom is 0.324 e. The van der Waals surface area contributed by atoms with Gasteiger partial charge in [0.05, 0.1) is 19.1 Å². The van der Waals surface area contributed by atoms with E-state index >= 15 is 0 Å². The van der Waals surface area contributed by atoms with Crippen LogP contribution in [-0.4, -0.2) is 58.9 Å². The van der Waals surface area contributed by atoms with Crippen molar-refractivity contribution in [2.24, 2.45) is 0 Å². The number of thiophene rings is 1. The standard InChI is InChI=1S/C17H19N3O5S/c1-2-19-6-7-20(15(22)14(19)21)16(23)18-11-17(24,12-5-8-25-10-12)13-4-3-9-26-13/h3-5,8-10,24H,2,6-7,11H2,1H3,(H,18,23)/t17-/m0/s1. The van der Waals surface area contributed by atoms with Crippen LogP contribution in [0.5, 0.6) is 0 Å². The van der Waals surface area contributed by atoms with Crippen LogP contribution in [0.4, 0.5) is 4.79 Å². The summed E-state index contributed by atoms with van der Waals surface area (Å²) in [7, 11) is 0. The molecule has 3 rings (SSSR count). The fourth-order valence-corrected chi connectivity index (χ4v) is 3.66. The molecular weight excluding hydrogens is 358 g/mol. The summed E-state index contributed by atoms with van der Waals surface area (Å²) in [4.78, 5) is 39.4. The number of likely N-dealkylation sites (N-methyl/N-ethyl adjacent to an activating group) is 1. The van der Waals surface area contributed by atoms with Crippen LogP contribution in [0.15, 0.2) is 40.5 Å². The Hall–Kier alpha value is -2.65. The maximum atomic E-state index is 12.4. The molecule has 138 valence electrons. The normalized spacial score (nSPS) is 17.3. The second kappa shape index (κ2) is 7.30. The molecule has 0 aliphatic carbocycles. The molecule has 2 aromatic rings.